The first-order valence-electron chi connectivity index (χ1n) is 10.7. The van der Waals surface area contributed by atoms with Crippen molar-refractivity contribution in [1.82, 2.24) is 9.62 Å². The Labute approximate surface area is 197 Å². The number of likely N-dealkylation sites (tertiary alicyclic amines) is 1. The minimum absolute atomic E-state index is 0.00978. The van der Waals surface area contributed by atoms with Crippen molar-refractivity contribution in [2.45, 2.75) is 30.7 Å². The molecule has 0 aromatic heterocycles. The van der Waals surface area contributed by atoms with Gasteiger partial charge in [-0.3, -0.25) is 9.59 Å². The van der Waals surface area contributed by atoms with E-state index in [2.05, 4.69) is 4.72 Å². The first-order valence-corrected chi connectivity index (χ1v) is 12.6. The number of ether oxygens (including phenoxy) is 2. The van der Waals surface area contributed by atoms with Gasteiger partial charge < -0.3 is 14.4 Å². The summed E-state index contributed by atoms with van der Waals surface area (Å²) in [7, 11) is -3.86. The average molecular weight is 493 g/mol. The summed E-state index contributed by atoms with van der Waals surface area (Å²) in [4.78, 5) is 27.4. The van der Waals surface area contributed by atoms with Crippen molar-refractivity contribution < 1.29 is 27.5 Å². The van der Waals surface area contributed by atoms with Gasteiger partial charge >= 0.3 is 0 Å². The molecule has 1 atom stereocenters. The first-order chi connectivity index (χ1) is 15.7. The topological polar surface area (TPSA) is 102 Å². The summed E-state index contributed by atoms with van der Waals surface area (Å²) in [6, 6.07) is 9.99. The lowest BCUT2D eigenvalue weighted by atomic mass is 9.88. The molecule has 0 saturated carbocycles. The molecule has 0 spiro atoms. The van der Waals surface area contributed by atoms with Crippen LogP contribution >= 0.6 is 11.6 Å². The molecule has 0 unspecified atom stereocenters. The Balaban J connectivity index is 1.33. The number of hydrogen-bond acceptors (Lipinski definition) is 6. The van der Waals surface area contributed by atoms with E-state index in [-0.39, 0.29) is 22.5 Å². The third-order valence-electron chi connectivity index (χ3n) is 5.83. The zero-order chi connectivity index (χ0) is 23.6. The average Bonchev–Trinajstić information content (AvgIpc) is 2.83. The second-order valence-electron chi connectivity index (χ2n) is 8.12. The van der Waals surface area contributed by atoms with Gasteiger partial charge in [0.25, 0.3) is 0 Å². The zero-order valence-corrected chi connectivity index (χ0v) is 19.7. The molecular formula is C23H25ClN2O6S. The number of carbonyl (C=O) groups excluding carboxylic acids is 2. The predicted molar refractivity (Wildman–Crippen MR) is 122 cm³/mol. The molecular weight excluding hydrogens is 468 g/mol. The monoisotopic (exact) mass is 492 g/mol. The van der Waals surface area contributed by atoms with Gasteiger partial charge in [0.05, 0.1) is 10.9 Å². The van der Waals surface area contributed by atoms with Crippen LogP contribution in [-0.2, 0) is 14.8 Å². The number of piperidine rings is 1. The van der Waals surface area contributed by atoms with E-state index in [9.17, 15) is 18.0 Å². The van der Waals surface area contributed by atoms with Gasteiger partial charge in [0.2, 0.25) is 15.9 Å². The van der Waals surface area contributed by atoms with Crippen LogP contribution in [0.1, 0.15) is 30.1 Å². The van der Waals surface area contributed by atoms with Gasteiger partial charge in [-0.25, -0.2) is 8.42 Å². The van der Waals surface area contributed by atoms with E-state index < -0.39 is 16.1 Å². The Morgan fingerprint density at radius 1 is 1.03 bits per heavy atom. The Morgan fingerprint density at radius 2 is 1.67 bits per heavy atom. The number of rotatable bonds is 6. The number of fused-ring (bicyclic) bond motifs is 1. The summed E-state index contributed by atoms with van der Waals surface area (Å²) in [5, 5.41) is 0.423. The SMILES string of the molecule is C[C@H](NS(=O)(=O)c1ccc(Cl)cc1)C(=O)N1CCC(C(=O)c2ccc3c(c2)OCCO3)CC1. The number of sulfonamides is 1. The largest absolute Gasteiger partial charge is 0.486 e. The normalized spacial score (nSPS) is 17.5. The minimum Gasteiger partial charge on any atom is -0.486 e. The fourth-order valence-electron chi connectivity index (χ4n) is 4.03. The maximum Gasteiger partial charge on any atom is 0.241 e. The summed E-state index contributed by atoms with van der Waals surface area (Å²) in [6.07, 6.45) is 1.02. The van der Waals surface area contributed by atoms with Gasteiger partial charge in [0, 0.05) is 29.6 Å². The molecule has 1 fully saturated rings. The molecule has 2 aliphatic rings. The van der Waals surface area contributed by atoms with Crippen molar-refractivity contribution >= 4 is 33.3 Å². The molecule has 0 radical (unpaired) electrons. The van der Waals surface area contributed by atoms with E-state index >= 15 is 0 Å². The molecule has 176 valence electrons. The molecule has 2 aromatic carbocycles. The fraction of sp³-hybridized carbons (Fsp3) is 0.391. The predicted octanol–water partition coefficient (Wildman–Crippen LogP) is 2.90. The van der Waals surface area contributed by atoms with Crippen molar-refractivity contribution in [2.24, 2.45) is 5.92 Å². The summed E-state index contributed by atoms with van der Waals surface area (Å²) in [6.45, 7) is 3.22. The highest BCUT2D eigenvalue weighted by atomic mass is 35.5. The molecule has 0 bridgehead atoms. The van der Waals surface area contributed by atoms with E-state index in [1.807, 2.05) is 0 Å². The highest BCUT2D eigenvalue weighted by molar-refractivity contribution is 7.89. The lowest BCUT2D eigenvalue weighted by Gasteiger charge is -2.33. The molecule has 2 aliphatic heterocycles. The maximum absolute atomic E-state index is 13.0. The fourth-order valence-corrected chi connectivity index (χ4v) is 5.36. The summed E-state index contributed by atoms with van der Waals surface area (Å²) in [5.74, 6) is 0.681. The first kappa shape index (κ1) is 23.5. The Morgan fingerprint density at radius 3 is 2.33 bits per heavy atom. The maximum atomic E-state index is 13.0. The number of carbonyl (C=O) groups is 2. The summed E-state index contributed by atoms with van der Waals surface area (Å²) in [5.41, 5.74) is 0.563. The van der Waals surface area contributed by atoms with Crippen LogP contribution in [0.4, 0.5) is 0 Å². The van der Waals surface area contributed by atoms with Gasteiger partial charge in [-0.1, -0.05) is 11.6 Å². The summed E-state index contributed by atoms with van der Waals surface area (Å²) >= 11 is 5.81. The number of halogens is 1. The smallest absolute Gasteiger partial charge is 0.241 e. The van der Waals surface area contributed by atoms with Crippen LogP contribution in [0.25, 0.3) is 0 Å². The molecule has 1 saturated heterocycles. The highest BCUT2D eigenvalue weighted by Gasteiger charge is 2.32. The Bertz CT molecular complexity index is 1140. The van der Waals surface area contributed by atoms with Crippen LogP contribution < -0.4 is 14.2 Å². The van der Waals surface area contributed by atoms with Crippen LogP contribution in [0, 0.1) is 5.92 Å². The van der Waals surface area contributed by atoms with Crippen LogP contribution in [0.15, 0.2) is 47.4 Å². The standard InChI is InChI=1S/C23H25ClN2O6S/c1-15(25-33(29,30)19-5-3-18(24)4-6-19)23(28)26-10-8-16(9-11-26)22(27)17-2-7-20-21(14-17)32-13-12-31-20/h2-7,14-16,25H,8-13H2,1H3/t15-/m0/s1. The van der Waals surface area contributed by atoms with Gasteiger partial charge in [0.15, 0.2) is 17.3 Å². The highest BCUT2D eigenvalue weighted by Crippen LogP contribution is 2.32. The van der Waals surface area contributed by atoms with Crippen molar-refractivity contribution in [3.05, 3.63) is 53.1 Å². The van der Waals surface area contributed by atoms with Crippen LogP contribution in [0.3, 0.4) is 0 Å². The molecule has 8 nitrogen and oxygen atoms in total. The second-order valence-corrected chi connectivity index (χ2v) is 10.3. The van der Waals surface area contributed by atoms with E-state index in [0.717, 1.165) is 0 Å². The summed E-state index contributed by atoms with van der Waals surface area (Å²) < 4.78 is 38.6. The lowest BCUT2D eigenvalue weighted by molar-refractivity contribution is -0.133. The van der Waals surface area contributed by atoms with Gasteiger partial charge in [-0.2, -0.15) is 4.72 Å². The molecule has 2 aromatic rings. The minimum atomic E-state index is -3.86. The molecule has 1 N–H and O–H groups in total. The lowest BCUT2D eigenvalue weighted by Crippen LogP contribution is -2.49. The van der Waals surface area contributed by atoms with Gasteiger partial charge in [-0.05, 0) is 62.2 Å². The third kappa shape index (κ3) is 5.31. The van der Waals surface area contributed by atoms with E-state index in [4.69, 9.17) is 21.1 Å². The van der Waals surface area contributed by atoms with Crippen LogP contribution in [-0.4, -0.2) is 57.4 Å². The van der Waals surface area contributed by atoms with E-state index in [1.165, 1.54) is 31.2 Å². The molecule has 2 heterocycles. The molecule has 33 heavy (non-hydrogen) atoms. The van der Waals surface area contributed by atoms with E-state index in [0.29, 0.717) is 61.2 Å². The molecule has 0 aliphatic carbocycles. The molecule has 4 rings (SSSR count). The van der Waals surface area contributed by atoms with Crippen LogP contribution in [0.5, 0.6) is 11.5 Å². The zero-order valence-electron chi connectivity index (χ0n) is 18.1. The number of nitrogens with zero attached hydrogens (tertiary/aromatic N) is 1. The second kappa shape index (κ2) is 9.70. The Hall–Kier alpha value is -2.62. The van der Waals surface area contributed by atoms with Crippen molar-refractivity contribution in [2.75, 3.05) is 26.3 Å². The van der Waals surface area contributed by atoms with Crippen molar-refractivity contribution in [1.29, 1.82) is 0 Å². The Kier molecular flexibility index (Phi) is 6.92. The third-order valence-corrected chi connectivity index (χ3v) is 7.64. The van der Waals surface area contributed by atoms with Gasteiger partial charge in [-0.15, -0.1) is 0 Å². The van der Waals surface area contributed by atoms with E-state index in [1.54, 1.807) is 23.1 Å². The quantitative estimate of drug-likeness (QED) is 0.622. The number of ketones is 1. The van der Waals surface area contributed by atoms with Crippen molar-refractivity contribution in [3.63, 3.8) is 0 Å². The number of Topliss-reactive ketones (excluding diaryl/α,β-unsaturated/α-hetero) is 1. The molecule has 10 heteroatoms. The number of amides is 1. The van der Waals surface area contributed by atoms with Crippen LogP contribution in [0.2, 0.25) is 5.02 Å². The van der Waals surface area contributed by atoms with Crippen molar-refractivity contribution in [3.8, 4) is 11.5 Å². The number of benzene rings is 2. The molecule has 1 amide bonds. The van der Waals surface area contributed by atoms with Gasteiger partial charge in [0.1, 0.15) is 13.2 Å². The number of nitrogens with one attached hydrogen (secondary N) is 1. The number of hydrogen-bond donors (Lipinski definition) is 1.